The van der Waals surface area contributed by atoms with Crippen molar-refractivity contribution in [1.82, 2.24) is 0 Å². The van der Waals surface area contributed by atoms with E-state index in [-0.39, 0.29) is 6.10 Å². The van der Waals surface area contributed by atoms with Crippen LogP contribution in [0.3, 0.4) is 0 Å². The smallest absolute Gasteiger partial charge is 0.126 e. The minimum absolute atomic E-state index is 0.267. The molecule has 1 heterocycles. The van der Waals surface area contributed by atoms with Crippen LogP contribution in [0.1, 0.15) is 31.9 Å². The monoisotopic (exact) mass is 206 g/mol. The Balaban J connectivity index is 2.31. The van der Waals surface area contributed by atoms with Gasteiger partial charge >= 0.3 is 0 Å². The lowest BCUT2D eigenvalue weighted by Crippen LogP contribution is -2.22. The first kappa shape index (κ1) is 10.5. The number of hydrogen-bond acceptors (Lipinski definition) is 2. The second-order valence-corrected chi connectivity index (χ2v) is 5.03. The van der Waals surface area contributed by atoms with Gasteiger partial charge in [0.25, 0.3) is 0 Å². The van der Waals surface area contributed by atoms with Gasteiger partial charge in [0.15, 0.2) is 0 Å². The maximum absolute atomic E-state index is 9.81. The van der Waals surface area contributed by atoms with Gasteiger partial charge in [0.1, 0.15) is 11.9 Å². The summed E-state index contributed by atoms with van der Waals surface area (Å²) in [6.07, 6.45) is 1.89. The fourth-order valence-corrected chi connectivity index (χ4v) is 2.11. The zero-order valence-electron chi connectivity index (χ0n) is 9.58. The molecule has 1 N–H and O–H groups in total. The molecule has 0 amide bonds. The van der Waals surface area contributed by atoms with Crippen molar-refractivity contribution in [2.24, 2.45) is 0 Å². The number of ether oxygens (including phenoxy) is 1. The van der Waals surface area contributed by atoms with Gasteiger partial charge in [-0.1, -0.05) is 18.2 Å². The first-order chi connectivity index (χ1) is 6.96. The van der Waals surface area contributed by atoms with Crippen molar-refractivity contribution < 1.29 is 9.84 Å². The van der Waals surface area contributed by atoms with E-state index in [0.29, 0.717) is 6.42 Å². The van der Waals surface area contributed by atoms with Gasteiger partial charge in [-0.25, -0.2) is 0 Å². The average Bonchev–Trinajstić information content (AvgIpc) is 2.43. The molecule has 0 spiro atoms. The lowest BCUT2D eigenvalue weighted by Gasteiger charge is -2.19. The van der Waals surface area contributed by atoms with Crippen LogP contribution in [0.2, 0.25) is 0 Å². The summed E-state index contributed by atoms with van der Waals surface area (Å²) in [7, 11) is 0. The number of rotatable bonds is 2. The van der Waals surface area contributed by atoms with Crippen molar-refractivity contribution in [2.45, 2.75) is 45.3 Å². The molecule has 0 aromatic heterocycles. The van der Waals surface area contributed by atoms with Crippen molar-refractivity contribution in [3.63, 3.8) is 0 Å². The molecule has 1 unspecified atom stereocenters. The van der Waals surface area contributed by atoms with Crippen molar-refractivity contribution in [2.75, 3.05) is 0 Å². The maximum atomic E-state index is 9.81. The highest BCUT2D eigenvalue weighted by atomic mass is 16.5. The quantitative estimate of drug-likeness (QED) is 0.804. The van der Waals surface area contributed by atoms with Gasteiger partial charge in [-0.15, -0.1) is 0 Å². The molecule has 1 atom stereocenters. The van der Waals surface area contributed by atoms with Crippen LogP contribution < -0.4 is 4.74 Å². The lowest BCUT2D eigenvalue weighted by atomic mass is 9.96. The Kier molecular flexibility index (Phi) is 2.47. The molecule has 2 rings (SSSR count). The van der Waals surface area contributed by atoms with E-state index in [1.54, 1.807) is 0 Å². The van der Waals surface area contributed by atoms with Gasteiger partial charge in [-0.3, -0.25) is 0 Å². The topological polar surface area (TPSA) is 29.5 Å². The zero-order chi connectivity index (χ0) is 11.1. The van der Waals surface area contributed by atoms with Crippen LogP contribution in [-0.2, 0) is 12.8 Å². The molecule has 0 aliphatic carbocycles. The van der Waals surface area contributed by atoms with E-state index in [4.69, 9.17) is 4.74 Å². The van der Waals surface area contributed by atoms with Crippen LogP contribution in [0, 0.1) is 0 Å². The zero-order valence-corrected chi connectivity index (χ0v) is 9.58. The largest absolute Gasteiger partial charge is 0.490 e. The molecule has 0 saturated heterocycles. The molecule has 0 saturated carbocycles. The van der Waals surface area contributed by atoms with E-state index >= 15 is 0 Å². The van der Waals surface area contributed by atoms with E-state index in [2.05, 4.69) is 13.0 Å². The standard InChI is InChI=1S/C13H18O2/c1-9-7-10-5-4-6-11(12(10)15-9)8-13(2,3)14/h4-6,9,14H,7-8H2,1-3H3. The number of hydrogen-bond donors (Lipinski definition) is 1. The highest BCUT2D eigenvalue weighted by molar-refractivity contribution is 5.45. The maximum Gasteiger partial charge on any atom is 0.126 e. The highest BCUT2D eigenvalue weighted by Crippen LogP contribution is 2.34. The third-order valence-electron chi connectivity index (χ3n) is 2.63. The summed E-state index contributed by atoms with van der Waals surface area (Å²) < 4.78 is 5.77. The van der Waals surface area contributed by atoms with Crippen molar-refractivity contribution in [1.29, 1.82) is 0 Å². The minimum Gasteiger partial charge on any atom is -0.490 e. The molecule has 0 fully saturated rings. The summed E-state index contributed by atoms with van der Waals surface area (Å²) in [5, 5.41) is 9.81. The third-order valence-corrected chi connectivity index (χ3v) is 2.63. The Labute approximate surface area is 90.9 Å². The summed E-state index contributed by atoms with van der Waals surface area (Å²) in [6, 6.07) is 6.18. The first-order valence-electron chi connectivity index (χ1n) is 5.45. The molecule has 1 aromatic rings. The summed E-state index contributed by atoms with van der Waals surface area (Å²) in [6.45, 7) is 5.73. The molecule has 0 radical (unpaired) electrons. The SMILES string of the molecule is CC1Cc2cccc(CC(C)(C)O)c2O1. The van der Waals surface area contributed by atoms with E-state index < -0.39 is 5.60 Å². The molecule has 82 valence electrons. The highest BCUT2D eigenvalue weighted by Gasteiger charge is 2.24. The molecule has 15 heavy (non-hydrogen) atoms. The fraction of sp³-hybridized carbons (Fsp3) is 0.538. The molecule has 1 aliphatic rings. The summed E-state index contributed by atoms with van der Waals surface area (Å²) in [4.78, 5) is 0. The molecule has 2 heteroatoms. The van der Waals surface area contributed by atoms with Gasteiger partial charge in [0.05, 0.1) is 5.60 Å². The van der Waals surface area contributed by atoms with Crippen LogP contribution in [0.15, 0.2) is 18.2 Å². The van der Waals surface area contributed by atoms with Crippen molar-refractivity contribution in [3.8, 4) is 5.75 Å². The van der Waals surface area contributed by atoms with Crippen molar-refractivity contribution in [3.05, 3.63) is 29.3 Å². The minimum atomic E-state index is -0.676. The predicted octanol–water partition coefficient (Wildman–Crippen LogP) is 2.32. The van der Waals surface area contributed by atoms with Crippen LogP contribution >= 0.6 is 0 Å². The van der Waals surface area contributed by atoms with E-state index in [1.165, 1.54) is 5.56 Å². The second-order valence-electron chi connectivity index (χ2n) is 5.03. The Hall–Kier alpha value is -1.02. The Morgan fingerprint density at radius 1 is 1.47 bits per heavy atom. The summed E-state index contributed by atoms with van der Waals surface area (Å²) in [5.74, 6) is 0.993. The van der Waals surface area contributed by atoms with Crippen molar-refractivity contribution >= 4 is 0 Å². The fourth-order valence-electron chi connectivity index (χ4n) is 2.11. The molecular formula is C13H18O2. The average molecular weight is 206 g/mol. The normalized spacial score (nSPS) is 19.9. The Morgan fingerprint density at radius 2 is 2.20 bits per heavy atom. The lowest BCUT2D eigenvalue weighted by molar-refractivity contribution is 0.0799. The van der Waals surface area contributed by atoms with Crippen LogP contribution in [0.4, 0.5) is 0 Å². The van der Waals surface area contributed by atoms with Gasteiger partial charge in [-0.2, -0.15) is 0 Å². The molecule has 0 bridgehead atoms. The number of aliphatic hydroxyl groups is 1. The Bertz CT molecular complexity index is 363. The van der Waals surface area contributed by atoms with Gasteiger partial charge < -0.3 is 9.84 Å². The van der Waals surface area contributed by atoms with Crippen LogP contribution in [0.25, 0.3) is 0 Å². The van der Waals surface area contributed by atoms with Gasteiger partial charge in [-0.05, 0) is 31.9 Å². The summed E-state index contributed by atoms with van der Waals surface area (Å²) >= 11 is 0. The molecule has 1 aromatic carbocycles. The van der Waals surface area contributed by atoms with Gasteiger partial charge in [0.2, 0.25) is 0 Å². The van der Waals surface area contributed by atoms with Crippen LogP contribution in [0.5, 0.6) is 5.75 Å². The third kappa shape index (κ3) is 2.32. The second kappa shape index (κ2) is 3.53. The summed E-state index contributed by atoms with van der Waals surface area (Å²) in [5.41, 5.74) is 1.71. The number of para-hydroxylation sites is 1. The number of fused-ring (bicyclic) bond motifs is 1. The Morgan fingerprint density at radius 3 is 2.87 bits per heavy atom. The van der Waals surface area contributed by atoms with E-state index in [0.717, 1.165) is 17.7 Å². The van der Waals surface area contributed by atoms with E-state index in [1.807, 2.05) is 26.0 Å². The predicted molar refractivity (Wildman–Crippen MR) is 60.2 cm³/mol. The van der Waals surface area contributed by atoms with E-state index in [9.17, 15) is 5.11 Å². The first-order valence-corrected chi connectivity index (χ1v) is 5.45. The molecule has 1 aliphatic heterocycles. The molecular weight excluding hydrogens is 188 g/mol. The van der Waals surface area contributed by atoms with Gasteiger partial charge in [0, 0.05) is 12.8 Å². The van der Waals surface area contributed by atoms with Crippen LogP contribution in [-0.4, -0.2) is 16.8 Å². The number of benzene rings is 1. The molecule has 2 nitrogen and oxygen atoms in total.